The Hall–Kier alpha value is -4.23. The van der Waals surface area contributed by atoms with Crippen LogP contribution in [0.1, 0.15) is 22.7 Å². The van der Waals surface area contributed by atoms with Crippen LogP contribution in [0.4, 0.5) is 11.8 Å². The van der Waals surface area contributed by atoms with E-state index in [1.54, 1.807) is 0 Å². The lowest BCUT2D eigenvalue weighted by atomic mass is 9.99. The number of nitrogen functional groups attached to an aromatic ring is 1. The van der Waals surface area contributed by atoms with Crippen LogP contribution in [-0.4, -0.2) is 27.1 Å². The number of benzene rings is 3. The third kappa shape index (κ3) is 5.96. The van der Waals surface area contributed by atoms with E-state index in [1.165, 1.54) is 5.56 Å². The molecule has 3 aromatic carbocycles. The van der Waals surface area contributed by atoms with Gasteiger partial charge in [0.25, 0.3) is 0 Å². The lowest BCUT2D eigenvalue weighted by Crippen LogP contribution is -2.32. The molecule has 4 rings (SSSR count). The van der Waals surface area contributed by atoms with Crippen molar-refractivity contribution < 1.29 is 9.90 Å². The van der Waals surface area contributed by atoms with Gasteiger partial charge in [0.2, 0.25) is 5.95 Å². The molecule has 0 saturated carbocycles. The summed E-state index contributed by atoms with van der Waals surface area (Å²) in [4.78, 5) is 19.8. The number of carboxylic acid groups (broad SMARTS) is 1. The number of nitrogens with one attached hydrogen (secondary N) is 1. The van der Waals surface area contributed by atoms with Crippen molar-refractivity contribution in [3.05, 3.63) is 108 Å². The first-order valence-electron chi connectivity index (χ1n) is 11.1. The molecule has 0 amide bonds. The van der Waals surface area contributed by atoms with E-state index in [0.29, 0.717) is 11.5 Å². The van der Waals surface area contributed by atoms with Gasteiger partial charge in [-0.3, -0.25) is 4.79 Å². The maximum absolute atomic E-state index is 11.0. The van der Waals surface area contributed by atoms with Crippen molar-refractivity contribution in [1.82, 2.24) is 9.97 Å². The molecule has 6 N–H and O–H groups in total. The average Bonchev–Trinajstić information content (AvgIpc) is 2.85. The summed E-state index contributed by atoms with van der Waals surface area (Å²) in [6.45, 7) is 0. The maximum Gasteiger partial charge on any atom is 0.320 e. The highest BCUT2D eigenvalue weighted by atomic mass is 16.4. The van der Waals surface area contributed by atoms with Crippen molar-refractivity contribution in [3.63, 3.8) is 0 Å². The smallest absolute Gasteiger partial charge is 0.320 e. The van der Waals surface area contributed by atoms with E-state index >= 15 is 0 Å². The van der Waals surface area contributed by atoms with Crippen LogP contribution in [0.3, 0.4) is 0 Å². The van der Waals surface area contributed by atoms with Gasteiger partial charge in [-0.1, -0.05) is 84.9 Å². The fourth-order valence-electron chi connectivity index (χ4n) is 3.81. The first-order chi connectivity index (χ1) is 16.5. The highest BCUT2D eigenvalue weighted by molar-refractivity contribution is 5.73. The Morgan fingerprint density at radius 2 is 1.47 bits per heavy atom. The second-order valence-corrected chi connectivity index (χ2v) is 8.14. The number of rotatable bonds is 9. The van der Waals surface area contributed by atoms with Crippen LogP contribution in [0.25, 0.3) is 11.3 Å². The average molecular weight is 454 g/mol. The third-order valence-electron chi connectivity index (χ3n) is 5.57. The molecule has 1 aromatic heterocycles. The second kappa shape index (κ2) is 10.6. The minimum absolute atomic E-state index is 0.00867. The Balaban J connectivity index is 1.58. The van der Waals surface area contributed by atoms with Crippen LogP contribution in [0.2, 0.25) is 0 Å². The number of nitrogens with two attached hydrogens (primary N) is 2. The lowest BCUT2D eigenvalue weighted by Gasteiger charge is -2.21. The van der Waals surface area contributed by atoms with E-state index < -0.39 is 12.0 Å². The summed E-state index contributed by atoms with van der Waals surface area (Å²) in [7, 11) is 0. The Morgan fingerprint density at radius 3 is 2.12 bits per heavy atom. The van der Waals surface area contributed by atoms with Gasteiger partial charge < -0.3 is 21.9 Å². The molecular weight excluding hydrogens is 426 g/mol. The number of aliphatic carboxylic acids is 1. The van der Waals surface area contributed by atoms with Crippen molar-refractivity contribution in [2.45, 2.75) is 24.9 Å². The normalized spacial score (nSPS) is 12.6. The minimum atomic E-state index is -1.02. The third-order valence-corrected chi connectivity index (χ3v) is 5.57. The fraction of sp³-hybridized carbons (Fsp3) is 0.148. The number of hydrogen-bond acceptors (Lipinski definition) is 6. The zero-order valence-corrected chi connectivity index (χ0v) is 18.6. The molecule has 7 nitrogen and oxygen atoms in total. The fourth-order valence-corrected chi connectivity index (χ4v) is 3.81. The van der Waals surface area contributed by atoms with Crippen molar-refractivity contribution in [2.75, 3.05) is 11.1 Å². The SMILES string of the molecule is Nc1nc(NC(Cc2ccccc2)c2ccccc2)cc(-c2ccc(C[C@H](N)C(=O)O)cc2)n1. The standard InChI is InChI=1S/C27H27N5O2/c28-22(26(33)34)15-19-11-13-21(14-12-19)24-17-25(32-27(29)31-24)30-23(20-9-5-2-6-10-20)16-18-7-3-1-4-8-18/h1-14,17,22-23H,15-16,28H2,(H,33,34)(H3,29,30,31,32)/t22-,23?/m0/s1. The number of anilines is 2. The van der Waals surface area contributed by atoms with E-state index in [4.69, 9.17) is 16.6 Å². The molecule has 7 heteroatoms. The van der Waals surface area contributed by atoms with E-state index in [2.05, 4.69) is 39.6 Å². The molecule has 34 heavy (non-hydrogen) atoms. The number of aromatic nitrogens is 2. The quantitative estimate of drug-likeness (QED) is 0.301. The van der Waals surface area contributed by atoms with Gasteiger partial charge in [0.15, 0.2) is 0 Å². The molecular formula is C27H27N5O2. The molecule has 0 fully saturated rings. The predicted molar refractivity (Wildman–Crippen MR) is 134 cm³/mol. The van der Waals surface area contributed by atoms with Crippen LogP contribution >= 0.6 is 0 Å². The Morgan fingerprint density at radius 1 is 0.853 bits per heavy atom. The van der Waals surface area contributed by atoms with Crippen molar-refractivity contribution in [1.29, 1.82) is 0 Å². The summed E-state index contributed by atoms with van der Waals surface area (Å²) in [5.41, 5.74) is 16.4. The van der Waals surface area contributed by atoms with E-state index in [-0.39, 0.29) is 18.4 Å². The molecule has 0 bridgehead atoms. The zero-order valence-electron chi connectivity index (χ0n) is 18.6. The largest absolute Gasteiger partial charge is 0.480 e. The topological polar surface area (TPSA) is 127 Å². The molecule has 4 aromatic rings. The molecule has 1 heterocycles. The molecule has 0 radical (unpaired) electrons. The van der Waals surface area contributed by atoms with Crippen molar-refractivity contribution in [2.24, 2.45) is 5.73 Å². The second-order valence-electron chi connectivity index (χ2n) is 8.14. The minimum Gasteiger partial charge on any atom is -0.480 e. The molecule has 0 spiro atoms. The summed E-state index contributed by atoms with van der Waals surface area (Å²) in [6.07, 6.45) is 1.04. The van der Waals surface area contributed by atoms with Gasteiger partial charge in [0, 0.05) is 11.6 Å². The first-order valence-corrected chi connectivity index (χ1v) is 11.1. The maximum atomic E-state index is 11.0. The Bertz CT molecular complexity index is 1230. The van der Waals surface area contributed by atoms with Gasteiger partial charge in [0.1, 0.15) is 11.9 Å². The van der Waals surface area contributed by atoms with Gasteiger partial charge in [-0.05, 0) is 29.5 Å². The highest BCUT2D eigenvalue weighted by Gasteiger charge is 2.15. The van der Waals surface area contributed by atoms with Crippen LogP contribution in [0.5, 0.6) is 0 Å². The van der Waals surface area contributed by atoms with Gasteiger partial charge in [0.05, 0.1) is 11.7 Å². The van der Waals surface area contributed by atoms with Gasteiger partial charge in [-0.2, -0.15) is 4.98 Å². The zero-order chi connectivity index (χ0) is 23.9. The molecule has 0 aliphatic heterocycles. The van der Waals surface area contributed by atoms with Crippen LogP contribution in [0.15, 0.2) is 91.0 Å². The van der Waals surface area contributed by atoms with Gasteiger partial charge >= 0.3 is 5.97 Å². The van der Waals surface area contributed by atoms with Crippen molar-refractivity contribution in [3.8, 4) is 11.3 Å². The number of carbonyl (C=O) groups is 1. The summed E-state index contributed by atoms with van der Waals surface area (Å²) in [5.74, 6) is -0.223. The van der Waals surface area contributed by atoms with Crippen LogP contribution in [-0.2, 0) is 17.6 Å². The van der Waals surface area contributed by atoms with E-state index in [1.807, 2.05) is 66.7 Å². The molecule has 0 saturated heterocycles. The Labute approximate surface area is 198 Å². The van der Waals surface area contributed by atoms with E-state index in [9.17, 15) is 4.79 Å². The van der Waals surface area contributed by atoms with Crippen LogP contribution < -0.4 is 16.8 Å². The molecule has 0 aliphatic carbocycles. The molecule has 2 atom stereocenters. The molecule has 1 unspecified atom stereocenters. The van der Waals surface area contributed by atoms with E-state index in [0.717, 1.165) is 23.1 Å². The summed E-state index contributed by atoms with van der Waals surface area (Å²) >= 11 is 0. The van der Waals surface area contributed by atoms with Crippen LogP contribution in [0, 0.1) is 0 Å². The number of hydrogen-bond donors (Lipinski definition) is 4. The summed E-state index contributed by atoms with van der Waals surface area (Å²) in [6, 6.07) is 28.9. The lowest BCUT2D eigenvalue weighted by molar-refractivity contribution is -0.138. The molecule has 172 valence electrons. The van der Waals surface area contributed by atoms with Gasteiger partial charge in [-0.25, -0.2) is 4.98 Å². The summed E-state index contributed by atoms with van der Waals surface area (Å²) in [5, 5.41) is 12.6. The highest BCUT2D eigenvalue weighted by Crippen LogP contribution is 2.26. The Kier molecular flexibility index (Phi) is 7.15. The molecule has 0 aliphatic rings. The van der Waals surface area contributed by atoms with Crippen molar-refractivity contribution >= 4 is 17.7 Å². The first kappa shape index (κ1) is 22.9. The summed E-state index contributed by atoms with van der Waals surface area (Å²) < 4.78 is 0. The number of carboxylic acids is 1. The monoisotopic (exact) mass is 453 g/mol. The predicted octanol–water partition coefficient (Wildman–Crippen LogP) is 4.08. The number of nitrogens with zero attached hydrogens (tertiary/aromatic N) is 2. The van der Waals surface area contributed by atoms with Gasteiger partial charge in [-0.15, -0.1) is 0 Å².